The van der Waals surface area contributed by atoms with Crippen molar-refractivity contribution < 1.29 is 18.0 Å². The normalized spacial score (nSPS) is 13.9. The summed E-state index contributed by atoms with van der Waals surface area (Å²) in [7, 11) is 2.05. The summed E-state index contributed by atoms with van der Waals surface area (Å²) in [5, 5.41) is 0. The first-order valence-electron chi connectivity index (χ1n) is 11.1. The van der Waals surface area contributed by atoms with E-state index < -0.39 is 27.6 Å². The molecule has 1 amide bonds. The number of hydrogen-bond donors (Lipinski definition) is 1. The second-order valence-electron chi connectivity index (χ2n) is 10.4. The van der Waals surface area contributed by atoms with E-state index in [1.807, 2.05) is 86.1 Å². The molecule has 182 valence electrons. The second kappa shape index (κ2) is 10.3. The highest BCUT2D eigenvalue weighted by Crippen LogP contribution is 2.27. The lowest BCUT2D eigenvalue weighted by Crippen LogP contribution is -2.52. The largest absolute Gasteiger partial charge is 0.298 e. The monoisotopic (exact) mass is 476 g/mol. The number of quaternary nitrogens is 1. The molecule has 0 aliphatic heterocycles. The number of sulfonamides is 1. The fourth-order valence-corrected chi connectivity index (χ4v) is 5.03. The van der Waals surface area contributed by atoms with E-state index in [-0.39, 0.29) is 17.4 Å². The molecular formula is C25H38N3O4S+. The van der Waals surface area contributed by atoms with Gasteiger partial charge in [-0.1, -0.05) is 44.2 Å². The maximum absolute atomic E-state index is 13.8. The van der Waals surface area contributed by atoms with Crippen molar-refractivity contribution >= 4 is 21.6 Å². The Morgan fingerprint density at radius 1 is 1.00 bits per heavy atom. The molecule has 0 radical (unpaired) electrons. The van der Waals surface area contributed by atoms with Crippen LogP contribution >= 0.6 is 0 Å². The topological polar surface area (TPSA) is 75.7 Å². The minimum absolute atomic E-state index is 0.0616. The molecule has 0 saturated heterocycles. The highest BCUT2D eigenvalue weighted by Gasteiger charge is 2.38. The van der Waals surface area contributed by atoms with Crippen molar-refractivity contribution in [3.05, 3.63) is 60.2 Å². The van der Waals surface area contributed by atoms with E-state index >= 15 is 0 Å². The predicted molar refractivity (Wildman–Crippen MR) is 133 cm³/mol. The summed E-state index contributed by atoms with van der Waals surface area (Å²) >= 11 is 0. The third-order valence-corrected chi connectivity index (χ3v) is 6.91. The molecule has 0 fully saturated rings. The zero-order chi connectivity index (χ0) is 25.0. The van der Waals surface area contributed by atoms with Crippen molar-refractivity contribution in [2.75, 3.05) is 21.1 Å². The molecule has 2 aromatic rings. The molecule has 0 bridgehead atoms. The first kappa shape index (κ1) is 27.0. The molecule has 0 spiro atoms. The van der Waals surface area contributed by atoms with Crippen molar-refractivity contribution in [2.45, 2.75) is 57.7 Å². The third kappa shape index (κ3) is 7.37. The Balaban J connectivity index is 2.52. The van der Waals surface area contributed by atoms with Crippen LogP contribution in [-0.2, 0) is 26.2 Å². The van der Waals surface area contributed by atoms with Gasteiger partial charge < -0.3 is 0 Å². The lowest BCUT2D eigenvalue weighted by atomic mass is 10.0. The minimum Gasteiger partial charge on any atom is -0.298 e. The van der Waals surface area contributed by atoms with Crippen LogP contribution in [0.2, 0.25) is 0 Å². The quantitative estimate of drug-likeness (QED) is 0.439. The predicted octanol–water partition coefficient (Wildman–Crippen LogP) is 3.95. The number of benzene rings is 2. The molecule has 2 aromatic carbocycles. The van der Waals surface area contributed by atoms with Gasteiger partial charge in [-0.2, -0.15) is 4.31 Å². The zero-order valence-electron chi connectivity index (χ0n) is 21.0. The average Bonchev–Trinajstić information content (AvgIpc) is 2.71. The second-order valence-corrected chi connectivity index (χ2v) is 12.3. The number of rotatable bonds is 9. The summed E-state index contributed by atoms with van der Waals surface area (Å²) in [6, 6.07) is 15.1. The average molecular weight is 477 g/mol. The van der Waals surface area contributed by atoms with Gasteiger partial charge in [0.05, 0.1) is 31.6 Å². The van der Waals surface area contributed by atoms with Crippen molar-refractivity contribution in [1.82, 2.24) is 14.3 Å². The van der Waals surface area contributed by atoms with Crippen LogP contribution in [0.5, 0.6) is 0 Å². The Morgan fingerprint density at radius 2 is 1.55 bits per heavy atom. The minimum atomic E-state index is -3.99. The van der Waals surface area contributed by atoms with E-state index in [1.54, 1.807) is 24.3 Å². The maximum atomic E-state index is 13.8. The van der Waals surface area contributed by atoms with Crippen molar-refractivity contribution in [3.63, 3.8) is 0 Å². The number of hydrogen-bond acceptors (Lipinski definition) is 4. The number of hydroxylamine groups is 1. The molecule has 1 atom stereocenters. The molecule has 1 N–H and O–H groups in total. The van der Waals surface area contributed by atoms with E-state index in [1.165, 1.54) is 4.31 Å². The third-order valence-electron chi connectivity index (χ3n) is 5.07. The zero-order valence-corrected chi connectivity index (χ0v) is 21.8. The summed E-state index contributed by atoms with van der Waals surface area (Å²) in [6.45, 7) is 9.15. The van der Waals surface area contributed by atoms with Crippen LogP contribution in [-0.4, -0.2) is 51.4 Å². The van der Waals surface area contributed by atoms with Gasteiger partial charge in [0, 0.05) is 18.7 Å². The summed E-state index contributed by atoms with van der Waals surface area (Å²) in [6.07, 6.45) is 0. The van der Waals surface area contributed by atoms with E-state index in [0.29, 0.717) is 4.48 Å². The Labute approximate surface area is 199 Å². The molecule has 0 saturated carbocycles. The van der Waals surface area contributed by atoms with Crippen molar-refractivity contribution in [3.8, 4) is 0 Å². The first-order valence-corrected chi connectivity index (χ1v) is 12.5. The van der Waals surface area contributed by atoms with Crippen LogP contribution in [0.25, 0.3) is 0 Å². The fraction of sp³-hybridized carbons (Fsp3) is 0.480. The van der Waals surface area contributed by atoms with Gasteiger partial charge in [0.1, 0.15) is 11.7 Å². The van der Waals surface area contributed by atoms with Gasteiger partial charge in [0.15, 0.2) is 0 Å². The number of carbonyl (C=O) groups excluding carboxylic acids is 1. The first-order chi connectivity index (χ1) is 15.1. The van der Waals surface area contributed by atoms with Gasteiger partial charge in [0.2, 0.25) is 10.0 Å². The molecule has 33 heavy (non-hydrogen) atoms. The van der Waals surface area contributed by atoms with Crippen LogP contribution in [0.4, 0.5) is 5.69 Å². The number of amides is 1. The van der Waals surface area contributed by atoms with Gasteiger partial charge in [-0.05, 0) is 44.4 Å². The van der Waals surface area contributed by atoms with E-state index in [0.717, 1.165) is 11.3 Å². The van der Waals surface area contributed by atoms with Crippen LogP contribution in [0.15, 0.2) is 59.5 Å². The molecular weight excluding hydrogens is 438 g/mol. The highest BCUT2D eigenvalue weighted by atomic mass is 32.2. The SMILES string of the molecule is CC(C)[C@H](C(=O)NOC(C)(C)C)N(Cc1ccccc1)S(=O)(=O)c1ccc([N+](C)(C)C)cc1. The van der Waals surface area contributed by atoms with Crippen LogP contribution in [0.1, 0.15) is 40.2 Å². The highest BCUT2D eigenvalue weighted by molar-refractivity contribution is 7.89. The van der Waals surface area contributed by atoms with Crippen LogP contribution in [0.3, 0.4) is 0 Å². The summed E-state index contributed by atoms with van der Waals surface area (Å²) in [5.41, 5.74) is 3.63. The maximum Gasteiger partial charge on any atom is 0.262 e. The Bertz CT molecular complexity index is 1020. The molecule has 0 aliphatic carbocycles. The number of nitrogens with one attached hydrogen (secondary N) is 1. The molecule has 0 aromatic heterocycles. The van der Waals surface area contributed by atoms with Gasteiger partial charge in [-0.3, -0.25) is 14.1 Å². The standard InChI is InChI=1S/C25H37N3O4S/c1-19(2)23(24(29)26-32-25(3,4)5)27(18-20-12-10-9-11-13-20)33(30,31)22-16-14-21(15-17-22)28(6,7)8/h9-17,19,23H,18H2,1-8H3/p+1/t23-/m1/s1. The Hall–Kier alpha value is -2.26. The van der Waals surface area contributed by atoms with Gasteiger partial charge in [-0.15, -0.1) is 0 Å². The lowest BCUT2D eigenvalue weighted by Gasteiger charge is -2.33. The van der Waals surface area contributed by atoms with E-state index in [9.17, 15) is 13.2 Å². The smallest absolute Gasteiger partial charge is 0.262 e. The molecule has 2 rings (SSSR count). The van der Waals surface area contributed by atoms with Gasteiger partial charge >= 0.3 is 0 Å². The molecule has 0 heterocycles. The van der Waals surface area contributed by atoms with Gasteiger partial charge in [0.25, 0.3) is 5.91 Å². The van der Waals surface area contributed by atoms with Crippen LogP contribution in [0, 0.1) is 5.92 Å². The fourth-order valence-electron chi connectivity index (χ4n) is 3.33. The van der Waals surface area contributed by atoms with Crippen LogP contribution < -0.4 is 9.96 Å². The number of nitrogens with zero attached hydrogens (tertiary/aromatic N) is 2. The lowest BCUT2D eigenvalue weighted by molar-refractivity contribution is -0.151. The number of carbonyl (C=O) groups is 1. The summed E-state index contributed by atoms with van der Waals surface area (Å²) < 4.78 is 29.5. The van der Waals surface area contributed by atoms with Crippen molar-refractivity contribution in [1.29, 1.82) is 0 Å². The summed E-state index contributed by atoms with van der Waals surface area (Å²) in [5.74, 6) is -0.792. The Morgan fingerprint density at radius 3 is 2.00 bits per heavy atom. The summed E-state index contributed by atoms with van der Waals surface area (Å²) in [4.78, 5) is 18.8. The Kier molecular flexibility index (Phi) is 8.46. The molecule has 0 unspecified atom stereocenters. The molecule has 7 nitrogen and oxygen atoms in total. The molecule has 8 heteroatoms. The van der Waals surface area contributed by atoms with E-state index in [2.05, 4.69) is 5.48 Å². The van der Waals surface area contributed by atoms with E-state index in [4.69, 9.17) is 4.84 Å². The molecule has 0 aliphatic rings. The van der Waals surface area contributed by atoms with Gasteiger partial charge in [-0.25, -0.2) is 13.9 Å². The van der Waals surface area contributed by atoms with Crippen molar-refractivity contribution in [2.24, 2.45) is 5.92 Å².